The van der Waals surface area contributed by atoms with Gasteiger partial charge in [-0.05, 0) is 42.7 Å². The summed E-state index contributed by atoms with van der Waals surface area (Å²) in [5, 5.41) is 8.94. The molecule has 0 aliphatic carbocycles. The molecule has 1 aliphatic rings. The maximum absolute atomic E-state index is 12.8. The summed E-state index contributed by atoms with van der Waals surface area (Å²) in [5.41, 5.74) is 2.82. The monoisotopic (exact) mass is 340 g/mol. The first-order chi connectivity index (χ1) is 11.7. The summed E-state index contributed by atoms with van der Waals surface area (Å²) >= 11 is 5.97. The second kappa shape index (κ2) is 6.24. The van der Waals surface area contributed by atoms with Gasteiger partial charge in [-0.2, -0.15) is 0 Å². The molecule has 0 bridgehead atoms. The van der Waals surface area contributed by atoms with Crippen molar-refractivity contribution in [3.05, 3.63) is 59.1 Å². The van der Waals surface area contributed by atoms with Gasteiger partial charge in [-0.1, -0.05) is 41.1 Å². The van der Waals surface area contributed by atoms with Crippen molar-refractivity contribution in [2.75, 3.05) is 6.54 Å². The van der Waals surface area contributed by atoms with Crippen LogP contribution in [-0.2, 0) is 11.3 Å². The number of nitrogens with zero attached hydrogens (tertiary/aromatic N) is 4. The third kappa shape index (κ3) is 2.76. The van der Waals surface area contributed by atoms with Crippen molar-refractivity contribution in [2.45, 2.75) is 25.4 Å². The standard InChI is InChI=1S/C18H17ClN4O/c19-14-9-7-13(8-10-14)16-6-3-11-22(16)18(24)12-23-17-5-2-1-4-15(17)20-21-23/h1-2,4-5,7-10,16H,3,6,11-12H2. The van der Waals surface area contributed by atoms with Crippen LogP contribution in [0.5, 0.6) is 0 Å². The van der Waals surface area contributed by atoms with E-state index in [2.05, 4.69) is 10.3 Å². The van der Waals surface area contributed by atoms with Gasteiger partial charge in [-0.3, -0.25) is 4.79 Å². The first-order valence-electron chi connectivity index (χ1n) is 8.05. The molecule has 1 amide bonds. The third-order valence-corrected chi connectivity index (χ3v) is 4.79. The number of benzene rings is 2. The molecule has 24 heavy (non-hydrogen) atoms. The number of likely N-dealkylation sites (tertiary alicyclic amines) is 1. The zero-order valence-corrected chi connectivity index (χ0v) is 13.9. The molecule has 6 heteroatoms. The van der Waals surface area contributed by atoms with E-state index in [4.69, 9.17) is 11.6 Å². The van der Waals surface area contributed by atoms with Gasteiger partial charge in [-0.15, -0.1) is 5.10 Å². The highest BCUT2D eigenvalue weighted by Crippen LogP contribution is 2.32. The van der Waals surface area contributed by atoms with Crippen molar-refractivity contribution in [1.29, 1.82) is 0 Å². The van der Waals surface area contributed by atoms with Gasteiger partial charge in [0.1, 0.15) is 12.1 Å². The Morgan fingerprint density at radius 3 is 2.79 bits per heavy atom. The molecule has 1 aromatic heterocycles. The summed E-state index contributed by atoms with van der Waals surface area (Å²) in [6, 6.07) is 15.6. The lowest BCUT2D eigenvalue weighted by Crippen LogP contribution is -2.33. The normalized spacial score (nSPS) is 17.5. The fraction of sp³-hybridized carbons (Fsp3) is 0.278. The average Bonchev–Trinajstić information content (AvgIpc) is 3.23. The number of amides is 1. The highest BCUT2D eigenvalue weighted by molar-refractivity contribution is 6.30. The molecule has 4 rings (SSSR count). The molecule has 3 aromatic rings. The number of rotatable bonds is 3. The van der Waals surface area contributed by atoms with Crippen LogP contribution in [0.15, 0.2) is 48.5 Å². The van der Waals surface area contributed by atoms with E-state index in [0.29, 0.717) is 5.02 Å². The molecule has 2 aromatic carbocycles. The van der Waals surface area contributed by atoms with E-state index >= 15 is 0 Å². The number of para-hydroxylation sites is 1. The summed E-state index contributed by atoms with van der Waals surface area (Å²) in [6.45, 7) is 0.989. The molecule has 0 N–H and O–H groups in total. The van der Waals surface area contributed by atoms with Crippen molar-refractivity contribution in [3.63, 3.8) is 0 Å². The van der Waals surface area contributed by atoms with Crippen LogP contribution in [0.1, 0.15) is 24.4 Å². The molecule has 5 nitrogen and oxygen atoms in total. The summed E-state index contributed by atoms with van der Waals surface area (Å²) in [5.74, 6) is 0.0723. The zero-order chi connectivity index (χ0) is 16.5. The zero-order valence-electron chi connectivity index (χ0n) is 13.1. The first kappa shape index (κ1) is 15.1. The van der Waals surface area contributed by atoms with Gasteiger partial charge in [-0.25, -0.2) is 4.68 Å². The Morgan fingerprint density at radius 2 is 1.96 bits per heavy atom. The van der Waals surface area contributed by atoms with Gasteiger partial charge < -0.3 is 4.90 Å². The molecule has 1 saturated heterocycles. The quantitative estimate of drug-likeness (QED) is 0.733. The predicted molar refractivity (Wildman–Crippen MR) is 92.7 cm³/mol. The number of carbonyl (C=O) groups excluding carboxylic acids is 1. The maximum Gasteiger partial charge on any atom is 0.244 e. The fourth-order valence-corrected chi connectivity index (χ4v) is 3.48. The molecular weight excluding hydrogens is 324 g/mol. The second-order valence-corrected chi connectivity index (χ2v) is 6.47. The number of hydrogen-bond donors (Lipinski definition) is 0. The summed E-state index contributed by atoms with van der Waals surface area (Å²) < 4.78 is 1.68. The van der Waals surface area contributed by atoms with E-state index < -0.39 is 0 Å². The largest absolute Gasteiger partial charge is 0.334 e. The molecule has 0 saturated carbocycles. The van der Waals surface area contributed by atoms with Crippen molar-refractivity contribution < 1.29 is 4.79 Å². The fourth-order valence-electron chi connectivity index (χ4n) is 3.35. The van der Waals surface area contributed by atoms with Gasteiger partial charge in [0.25, 0.3) is 0 Å². The molecule has 2 heterocycles. The lowest BCUT2D eigenvalue weighted by Gasteiger charge is -2.25. The van der Waals surface area contributed by atoms with Crippen molar-refractivity contribution in [2.24, 2.45) is 0 Å². The number of aromatic nitrogens is 3. The topological polar surface area (TPSA) is 51.0 Å². The number of fused-ring (bicyclic) bond motifs is 1. The van der Waals surface area contributed by atoms with Crippen LogP contribution in [0.25, 0.3) is 11.0 Å². The Morgan fingerprint density at radius 1 is 1.17 bits per heavy atom. The van der Waals surface area contributed by atoms with Gasteiger partial charge >= 0.3 is 0 Å². The molecule has 122 valence electrons. The minimum absolute atomic E-state index is 0.0723. The molecule has 0 spiro atoms. The van der Waals surface area contributed by atoms with E-state index in [1.807, 2.05) is 53.4 Å². The highest BCUT2D eigenvalue weighted by Gasteiger charge is 2.30. The maximum atomic E-state index is 12.8. The molecule has 1 aliphatic heterocycles. The molecule has 0 radical (unpaired) electrons. The van der Waals surface area contributed by atoms with Crippen LogP contribution >= 0.6 is 11.6 Å². The minimum Gasteiger partial charge on any atom is -0.334 e. The summed E-state index contributed by atoms with van der Waals surface area (Å²) in [4.78, 5) is 14.8. The Bertz CT molecular complexity index is 874. The Hall–Kier alpha value is -2.40. The van der Waals surface area contributed by atoms with Crippen LogP contribution in [0.3, 0.4) is 0 Å². The lowest BCUT2D eigenvalue weighted by atomic mass is 10.0. The first-order valence-corrected chi connectivity index (χ1v) is 8.43. The molecule has 1 atom stereocenters. The summed E-state index contributed by atoms with van der Waals surface area (Å²) in [6.07, 6.45) is 1.99. The highest BCUT2D eigenvalue weighted by atomic mass is 35.5. The Kier molecular flexibility index (Phi) is 3.94. The molecular formula is C18H17ClN4O. The molecule has 1 unspecified atom stereocenters. The van der Waals surface area contributed by atoms with Crippen LogP contribution < -0.4 is 0 Å². The smallest absolute Gasteiger partial charge is 0.244 e. The minimum atomic E-state index is 0.0723. The van der Waals surface area contributed by atoms with Crippen LogP contribution in [-0.4, -0.2) is 32.3 Å². The second-order valence-electron chi connectivity index (χ2n) is 6.03. The van der Waals surface area contributed by atoms with E-state index in [1.165, 1.54) is 0 Å². The van der Waals surface area contributed by atoms with Crippen LogP contribution in [0, 0.1) is 0 Å². The Balaban J connectivity index is 1.56. The number of halogens is 1. The van der Waals surface area contributed by atoms with Crippen LogP contribution in [0.4, 0.5) is 0 Å². The van der Waals surface area contributed by atoms with Gasteiger partial charge in [0.2, 0.25) is 5.91 Å². The van der Waals surface area contributed by atoms with Crippen molar-refractivity contribution >= 4 is 28.5 Å². The predicted octanol–water partition coefficient (Wildman–Crippen LogP) is 3.45. The lowest BCUT2D eigenvalue weighted by molar-refractivity contribution is -0.132. The van der Waals surface area contributed by atoms with Crippen molar-refractivity contribution in [1.82, 2.24) is 19.9 Å². The van der Waals surface area contributed by atoms with E-state index in [0.717, 1.165) is 36.0 Å². The third-order valence-electron chi connectivity index (χ3n) is 4.53. The number of carbonyl (C=O) groups is 1. The van der Waals surface area contributed by atoms with Gasteiger partial charge in [0.05, 0.1) is 11.6 Å². The Labute approximate surface area is 144 Å². The molecule has 1 fully saturated rings. The summed E-state index contributed by atoms with van der Waals surface area (Å²) in [7, 11) is 0. The van der Waals surface area contributed by atoms with E-state index in [9.17, 15) is 4.79 Å². The van der Waals surface area contributed by atoms with E-state index in [-0.39, 0.29) is 18.5 Å². The average molecular weight is 341 g/mol. The SMILES string of the molecule is O=C(Cn1nnc2ccccc21)N1CCCC1c1ccc(Cl)cc1. The van der Waals surface area contributed by atoms with Crippen molar-refractivity contribution in [3.8, 4) is 0 Å². The number of hydrogen-bond acceptors (Lipinski definition) is 3. The van der Waals surface area contributed by atoms with Gasteiger partial charge in [0, 0.05) is 11.6 Å². The van der Waals surface area contributed by atoms with Gasteiger partial charge in [0.15, 0.2) is 0 Å². The van der Waals surface area contributed by atoms with Crippen LogP contribution in [0.2, 0.25) is 5.02 Å². The van der Waals surface area contributed by atoms with E-state index in [1.54, 1.807) is 4.68 Å².